The second kappa shape index (κ2) is 7.72. The number of rotatable bonds is 5. The third kappa shape index (κ3) is 3.43. The summed E-state index contributed by atoms with van der Waals surface area (Å²) in [5.41, 5.74) is 2.16. The Labute approximate surface area is 163 Å². The second-order valence-corrected chi connectivity index (χ2v) is 6.66. The van der Waals surface area contributed by atoms with Crippen LogP contribution in [0.3, 0.4) is 0 Å². The molecule has 1 aliphatic heterocycles. The smallest absolute Gasteiger partial charge is 0.261 e. The first-order valence-electron chi connectivity index (χ1n) is 9.18. The average molecular weight is 378 g/mol. The Morgan fingerprint density at radius 3 is 2.50 bits per heavy atom. The second-order valence-electron chi connectivity index (χ2n) is 6.66. The summed E-state index contributed by atoms with van der Waals surface area (Å²) < 4.78 is 10.7. The van der Waals surface area contributed by atoms with Gasteiger partial charge in [0, 0.05) is 19.1 Å². The number of hydrogen-bond acceptors (Lipinski definition) is 6. The summed E-state index contributed by atoms with van der Waals surface area (Å²) in [6, 6.07) is 13.2. The highest BCUT2D eigenvalue weighted by Gasteiger charge is 2.30. The molecule has 28 heavy (non-hydrogen) atoms. The lowest BCUT2D eigenvalue weighted by atomic mass is 10.1. The summed E-state index contributed by atoms with van der Waals surface area (Å²) in [6.07, 6.45) is 2.56. The van der Waals surface area contributed by atoms with E-state index in [0.717, 1.165) is 17.5 Å². The number of para-hydroxylation sites is 2. The van der Waals surface area contributed by atoms with Gasteiger partial charge < -0.3 is 19.7 Å². The molecule has 1 aliphatic rings. The molecule has 1 unspecified atom stereocenters. The van der Waals surface area contributed by atoms with Crippen LogP contribution in [0, 0.1) is 0 Å². The fourth-order valence-corrected chi connectivity index (χ4v) is 3.52. The first-order chi connectivity index (χ1) is 13.7. The molecular weight excluding hydrogens is 356 g/mol. The van der Waals surface area contributed by atoms with Gasteiger partial charge in [-0.3, -0.25) is 9.78 Å². The van der Waals surface area contributed by atoms with Gasteiger partial charge in [-0.25, -0.2) is 4.98 Å². The van der Waals surface area contributed by atoms with Crippen LogP contribution < -0.4 is 14.8 Å². The zero-order valence-corrected chi connectivity index (χ0v) is 15.9. The van der Waals surface area contributed by atoms with Crippen molar-refractivity contribution in [1.82, 2.24) is 14.9 Å². The van der Waals surface area contributed by atoms with Gasteiger partial charge in [-0.2, -0.15) is 0 Å². The highest BCUT2D eigenvalue weighted by molar-refractivity contribution is 6.00. The Kier molecular flexibility index (Phi) is 4.97. The van der Waals surface area contributed by atoms with Gasteiger partial charge in [-0.05, 0) is 30.7 Å². The van der Waals surface area contributed by atoms with Crippen LogP contribution in [0.1, 0.15) is 16.8 Å². The number of carbonyl (C=O) groups is 1. The molecule has 0 aliphatic carbocycles. The molecule has 4 rings (SSSR count). The molecule has 0 saturated carbocycles. The SMILES string of the molecule is COc1cccc(OC)c1C(=O)N1CCC(Nc2cnc3ccccc3n2)C1. The maximum atomic E-state index is 13.1. The number of ether oxygens (including phenoxy) is 2. The van der Waals surface area contributed by atoms with E-state index in [1.165, 1.54) is 0 Å². The van der Waals surface area contributed by atoms with E-state index in [2.05, 4.69) is 15.3 Å². The molecule has 2 heterocycles. The average Bonchev–Trinajstić information content (AvgIpc) is 3.21. The molecule has 1 amide bonds. The minimum Gasteiger partial charge on any atom is -0.496 e. The number of carbonyl (C=O) groups excluding carboxylic acids is 1. The number of fused-ring (bicyclic) bond motifs is 1. The first kappa shape index (κ1) is 18.0. The van der Waals surface area contributed by atoms with E-state index >= 15 is 0 Å². The number of nitrogens with zero attached hydrogens (tertiary/aromatic N) is 3. The normalized spacial score (nSPS) is 16.2. The van der Waals surface area contributed by atoms with Gasteiger partial charge in [0.25, 0.3) is 5.91 Å². The monoisotopic (exact) mass is 378 g/mol. The molecule has 1 aromatic heterocycles. The number of nitrogens with one attached hydrogen (secondary N) is 1. The van der Waals surface area contributed by atoms with Gasteiger partial charge >= 0.3 is 0 Å². The van der Waals surface area contributed by atoms with Gasteiger partial charge in [0.05, 0.1) is 31.4 Å². The van der Waals surface area contributed by atoms with Crippen LogP contribution in [0.4, 0.5) is 5.82 Å². The van der Waals surface area contributed by atoms with Crippen LogP contribution in [0.15, 0.2) is 48.7 Å². The zero-order valence-electron chi connectivity index (χ0n) is 15.9. The summed E-state index contributed by atoms with van der Waals surface area (Å²) >= 11 is 0. The Morgan fingerprint density at radius 2 is 1.79 bits per heavy atom. The minimum atomic E-state index is -0.0943. The number of aromatic nitrogens is 2. The van der Waals surface area contributed by atoms with Crippen molar-refractivity contribution in [1.29, 1.82) is 0 Å². The van der Waals surface area contributed by atoms with Crippen LogP contribution >= 0.6 is 0 Å². The van der Waals surface area contributed by atoms with Crippen molar-refractivity contribution in [3.63, 3.8) is 0 Å². The molecule has 7 heteroatoms. The standard InChI is InChI=1S/C21H22N4O3/c1-27-17-8-5-9-18(28-2)20(17)21(26)25-11-10-14(13-25)23-19-12-22-15-6-3-4-7-16(15)24-19/h3-9,12,14H,10-11,13H2,1-2H3,(H,23,24). The minimum absolute atomic E-state index is 0.0943. The molecule has 1 saturated heterocycles. The van der Waals surface area contributed by atoms with E-state index in [-0.39, 0.29) is 11.9 Å². The lowest BCUT2D eigenvalue weighted by Crippen LogP contribution is -2.32. The van der Waals surface area contributed by atoms with Crippen molar-refractivity contribution < 1.29 is 14.3 Å². The Hall–Kier alpha value is -3.35. The molecule has 3 aromatic rings. The summed E-state index contributed by atoms with van der Waals surface area (Å²) in [5, 5.41) is 3.40. The van der Waals surface area contributed by atoms with E-state index in [9.17, 15) is 4.79 Å². The molecule has 0 radical (unpaired) electrons. The fourth-order valence-electron chi connectivity index (χ4n) is 3.52. The third-order valence-electron chi connectivity index (χ3n) is 4.92. The molecule has 1 fully saturated rings. The highest BCUT2D eigenvalue weighted by Crippen LogP contribution is 2.30. The van der Waals surface area contributed by atoms with E-state index in [1.54, 1.807) is 38.6 Å². The number of likely N-dealkylation sites (tertiary alicyclic amines) is 1. The van der Waals surface area contributed by atoms with Gasteiger partial charge in [0.15, 0.2) is 0 Å². The molecule has 1 N–H and O–H groups in total. The van der Waals surface area contributed by atoms with Crippen LogP contribution in [-0.2, 0) is 0 Å². The topological polar surface area (TPSA) is 76.6 Å². The molecule has 2 aromatic carbocycles. The predicted molar refractivity (Wildman–Crippen MR) is 107 cm³/mol. The van der Waals surface area contributed by atoms with Crippen LogP contribution in [0.25, 0.3) is 11.0 Å². The van der Waals surface area contributed by atoms with Crippen molar-refractivity contribution in [2.75, 3.05) is 32.6 Å². The van der Waals surface area contributed by atoms with E-state index in [1.807, 2.05) is 29.2 Å². The molecule has 0 bridgehead atoms. The first-order valence-corrected chi connectivity index (χ1v) is 9.18. The van der Waals surface area contributed by atoms with Crippen molar-refractivity contribution >= 4 is 22.8 Å². The number of anilines is 1. The van der Waals surface area contributed by atoms with Gasteiger partial charge in [0.2, 0.25) is 0 Å². The highest BCUT2D eigenvalue weighted by atomic mass is 16.5. The number of amides is 1. The lowest BCUT2D eigenvalue weighted by Gasteiger charge is -2.20. The number of methoxy groups -OCH3 is 2. The Morgan fingerprint density at radius 1 is 1.07 bits per heavy atom. The molecule has 7 nitrogen and oxygen atoms in total. The number of benzene rings is 2. The third-order valence-corrected chi connectivity index (χ3v) is 4.92. The van der Waals surface area contributed by atoms with Gasteiger partial charge in [-0.1, -0.05) is 18.2 Å². The molecule has 0 spiro atoms. The van der Waals surface area contributed by atoms with Crippen LogP contribution in [0.2, 0.25) is 0 Å². The fraction of sp³-hybridized carbons (Fsp3) is 0.286. The largest absolute Gasteiger partial charge is 0.496 e. The van der Waals surface area contributed by atoms with E-state index in [0.29, 0.717) is 36.0 Å². The summed E-state index contributed by atoms with van der Waals surface area (Å²) in [4.78, 5) is 23.9. The van der Waals surface area contributed by atoms with Gasteiger partial charge in [-0.15, -0.1) is 0 Å². The molecule has 1 atom stereocenters. The summed E-state index contributed by atoms with van der Waals surface area (Å²) in [6.45, 7) is 1.23. The maximum Gasteiger partial charge on any atom is 0.261 e. The Bertz CT molecular complexity index is 986. The number of hydrogen-bond donors (Lipinski definition) is 1. The predicted octanol–water partition coefficient (Wildman–Crippen LogP) is 2.97. The quantitative estimate of drug-likeness (QED) is 0.736. The summed E-state index contributed by atoms with van der Waals surface area (Å²) in [5.74, 6) is 1.65. The van der Waals surface area contributed by atoms with Crippen molar-refractivity contribution in [3.05, 3.63) is 54.2 Å². The van der Waals surface area contributed by atoms with Crippen molar-refractivity contribution in [2.24, 2.45) is 0 Å². The maximum absolute atomic E-state index is 13.1. The Balaban J connectivity index is 1.48. The zero-order chi connectivity index (χ0) is 19.5. The molecule has 144 valence electrons. The van der Waals surface area contributed by atoms with Crippen LogP contribution in [0.5, 0.6) is 11.5 Å². The van der Waals surface area contributed by atoms with Crippen molar-refractivity contribution in [2.45, 2.75) is 12.5 Å². The summed E-state index contributed by atoms with van der Waals surface area (Å²) in [7, 11) is 3.11. The van der Waals surface area contributed by atoms with E-state index in [4.69, 9.17) is 9.47 Å². The van der Waals surface area contributed by atoms with Crippen LogP contribution in [-0.4, -0.2) is 54.1 Å². The van der Waals surface area contributed by atoms with E-state index < -0.39 is 0 Å². The molecular formula is C21H22N4O3. The van der Waals surface area contributed by atoms with Gasteiger partial charge in [0.1, 0.15) is 22.9 Å². The lowest BCUT2D eigenvalue weighted by molar-refractivity contribution is 0.0784. The van der Waals surface area contributed by atoms with Crippen molar-refractivity contribution in [3.8, 4) is 11.5 Å².